The number of fused-ring (bicyclic) bond motifs is 1. The molecule has 1 aliphatic carbocycles. The predicted octanol–water partition coefficient (Wildman–Crippen LogP) is 3.91. The second kappa shape index (κ2) is 4.09. The van der Waals surface area contributed by atoms with Crippen LogP contribution in [-0.2, 0) is 12.8 Å². The first-order valence-corrected chi connectivity index (χ1v) is 7.20. The smallest absolute Gasteiger partial charge is 0.123 e. The fraction of sp³-hybridized carbons (Fsp3) is 0.400. The molecule has 2 N–H and O–H groups in total. The van der Waals surface area contributed by atoms with Gasteiger partial charge in [0.25, 0.3) is 0 Å². The minimum Gasteiger partial charge on any atom is -0.399 e. The highest BCUT2D eigenvalue weighted by Gasteiger charge is 2.28. The molecule has 2 nitrogen and oxygen atoms in total. The molecule has 1 aromatic carbocycles. The SMILES string of the molecule is CC1(C)CCc2nc(-c3ccc(N)cc3)sc2C1. The molecule has 0 unspecified atom stereocenters. The van der Waals surface area contributed by atoms with E-state index in [4.69, 9.17) is 10.7 Å². The zero-order chi connectivity index (χ0) is 12.8. The van der Waals surface area contributed by atoms with Crippen molar-refractivity contribution in [2.75, 3.05) is 5.73 Å². The summed E-state index contributed by atoms with van der Waals surface area (Å²) in [6.45, 7) is 4.69. The molecular weight excluding hydrogens is 240 g/mol. The Kier molecular flexibility index (Phi) is 2.67. The summed E-state index contributed by atoms with van der Waals surface area (Å²) in [5.74, 6) is 0. The van der Waals surface area contributed by atoms with Crippen molar-refractivity contribution in [3.05, 3.63) is 34.8 Å². The Balaban J connectivity index is 1.96. The monoisotopic (exact) mass is 258 g/mol. The molecule has 94 valence electrons. The van der Waals surface area contributed by atoms with Gasteiger partial charge in [0.2, 0.25) is 0 Å². The quantitative estimate of drug-likeness (QED) is 0.788. The summed E-state index contributed by atoms with van der Waals surface area (Å²) in [4.78, 5) is 6.26. The Morgan fingerprint density at radius 3 is 2.67 bits per heavy atom. The number of benzene rings is 1. The number of anilines is 1. The van der Waals surface area contributed by atoms with Gasteiger partial charge in [0.05, 0.1) is 5.69 Å². The van der Waals surface area contributed by atoms with Gasteiger partial charge in [0.15, 0.2) is 0 Å². The van der Waals surface area contributed by atoms with Gasteiger partial charge in [-0.2, -0.15) is 0 Å². The van der Waals surface area contributed by atoms with E-state index in [1.165, 1.54) is 22.6 Å². The highest BCUT2D eigenvalue weighted by atomic mass is 32.1. The number of aryl methyl sites for hydroxylation is 1. The minimum absolute atomic E-state index is 0.428. The number of nitrogens with zero attached hydrogens (tertiary/aromatic N) is 1. The molecule has 18 heavy (non-hydrogen) atoms. The second-order valence-electron chi connectivity index (χ2n) is 5.85. The average molecular weight is 258 g/mol. The van der Waals surface area contributed by atoms with Crippen LogP contribution in [0.4, 0.5) is 5.69 Å². The van der Waals surface area contributed by atoms with Crippen LogP contribution in [0.25, 0.3) is 10.6 Å². The van der Waals surface area contributed by atoms with Crippen LogP contribution < -0.4 is 5.73 Å². The fourth-order valence-corrected chi connectivity index (χ4v) is 3.82. The zero-order valence-electron chi connectivity index (χ0n) is 10.9. The summed E-state index contributed by atoms with van der Waals surface area (Å²) in [6, 6.07) is 8.01. The van der Waals surface area contributed by atoms with Crippen molar-refractivity contribution in [1.82, 2.24) is 4.98 Å². The molecule has 2 aromatic rings. The first-order chi connectivity index (χ1) is 8.53. The van der Waals surface area contributed by atoms with Gasteiger partial charge in [-0.3, -0.25) is 0 Å². The van der Waals surface area contributed by atoms with Crippen LogP contribution in [0.1, 0.15) is 30.8 Å². The third-order valence-electron chi connectivity index (χ3n) is 3.61. The molecule has 1 aromatic heterocycles. The lowest BCUT2D eigenvalue weighted by molar-refractivity contribution is 0.316. The predicted molar refractivity (Wildman–Crippen MR) is 77.8 cm³/mol. The molecular formula is C15H18N2S. The van der Waals surface area contributed by atoms with Crippen LogP contribution in [0.5, 0.6) is 0 Å². The van der Waals surface area contributed by atoms with Gasteiger partial charge in [-0.15, -0.1) is 11.3 Å². The Bertz CT molecular complexity index is 567. The van der Waals surface area contributed by atoms with Gasteiger partial charge in [-0.1, -0.05) is 13.8 Å². The van der Waals surface area contributed by atoms with Gasteiger partial charge in [-0.05, 0) is 48.9 Å². The lowest BCUT2D eigenvalue weighted by atomic mass is 9.79. The first-order valence-electron chi connectivity index (χ1n) is 6.38. The molecule has 0 fully saturated rings. The van der Waals surface area contributed by atoms with E-state index < -0.39 is 0 Å². The summed E-state index contributed by atoms with van der Waals surface area (Å²) >= 11 is 1.84. The largest absolute Gasteiger partial charge is 0.399 e. The Hall–Kier alpha value is -1.35. The van der Waals surface area contributed by atoms with Crippen LogP contribution >= 0.6 is 11.3 Å². The van der Waals surface area contributed by atoms with E-state index in [1.54, 1.807) is 0 Å². The highest BCUT2D eigenvalue weighted by molar-refractivity contribution is 7.15. The Morgan fingerprint density at radius 2 is 1.94 bits per heavy atom. The standard InChI is InChI=1S/C15H18N2S/c1-15(2)8-7-12-13(9-15)18-14(17-12)10-3-5-11(16)6-4-10/h3-6H,7-9,16H2,1-2H3. The summed E-state index contributed by atoms with van der Waals surface area (Å²) < 4.78 is 0. The Morgan fingerprint density at radius 1 is 1.22 bits per heavy atom. The summed E-state index contributed by atoms with van der Waals surface area (Å²) in [6.07, 6.45) is 3.52. The first kappa shape index (κ1) is 11.7. The van der Waals surface area contributed by atoms with E-state index in [2.05, 4.69) is 26.0 Å². The maximum atomic E-state index is 5.72. The van der Waals surface area contributed by atoms with Gasteiger partial charge < -0.3 is 5.73 Å². The third-order valence-corrected chi connectivity index (χ3v) is 4.76. The molecule has 0 amide bonds. The molecule has 3 heteroatoms. The van der Waals surface area contributed by atoms with Crippen LogP contribution in [0, 0.1) is 5.41 Å². The molecule has 0 spiro atoms. The molecule has 0 bridgehead atoms. The van der Waals surface area contributed by atoms with Crippen molar-refractivity contribution in [3.8, 4) is 10.6 Å². The van der Waals surface area contributed by atoms with Gasteiger partial charge >= 0.3 is 0 Å². The van der Waals surface area contributed by atoms with Crippen LogP contribution in [0.3, 0.4) is 0 Å². The van der Waals surface area contributed by atoms with Gasteiger partial charge in [0, 0.05) is 16.1 Å². The lowest BCUT2D eigenvalue weighted by Gasteiger charge is -2.28. The number of nitrogen functional groups attached to an aromatic ring is 1. The zero-order valence-corrected chi connectivity index (χ0v) is 11.7. The number of thiazole rings is 1. The van der Waals surface area contributed by atoms with Crippen LogP contribution in [-0.4, -0.2) is 4.98 Å². The molecule has 1 heterocycles. The van der Waals surface area contributed by atoms with Crippen LogP contribution in [0.2, 0.25) is 0 Å². The summed E-state index contributed by atoms with van der Waals surface area (Å²) in [5, 5.41) is 1.14. The van der Waals surface area contributed by atoms with E-state index >= 15 is 0 Å². The number of nitrogens with two attached hydrogens (primary N) is 1. The van der Waals surface area contributed by atoms with E-state index in [0.29, 0.717) is 5.41 Å². The van der Waals surface area contributed by atoms with E-state index in [9.17, 15) is 0 Å². The van der Waals surface area contributed by atoms with Crippen molar-refractivity contribution < 1.29 is 0 Å². The third kappa shape index (κ3) is 2.15. The molecule has 0 atom stereocenters. The van der Waals surface area contributed by atoms with Gasteiger partial charge in [-0.25, -0.2) is 4.98 Å². The lowest BCUT2D eigenvalue weighted by Crippen LogP contribution is -2.20. The van der Waals surface area contributed by atoms with Crippen molar-refractivity contribution in [3.63, 3.8) is 0 Å². The number of hydrogen-bond acceptors (Lipinski definition) is 3. The molecule has 0 aliphatic heterocycles. The highest BCUT2D eigenvalue weighted by Crippen LogP contribution is 2.39. The fourth-order valence-electron chi connectivity index (χ4n) is 2.45. The normalized spacial score (nSPS) is 17.4. The minimum atomic E-state index is 0.428. The maximum Gasteiger partial charge on any atom is 0.123 e. The molecule has 0 saturated carbocycles. The summed E-state index contributed by atoms with van der Waals surface area (Å²) in [7, 11) is 0. The van der Waals surface area contributed by atoms with Gasteiger partial charge in [0.1, 0.15) is 5.01 Å². The van der Waals surface area contributed by atoms with Crippen molar-refractivity contribution in [1.29, 1.82) is 0 Å². The topological polar surface area (TPSA) is 38.9 Å². The Labute approximate surface area is 112 Å². The van der Waals surface area contributed by atoms with Crippen molar-refractivity contribution >= 4 is 17.0 Å². The van der Waals surface area contributed by atoms with E-state index in [-0.39, 0.29) is 0 Å². The number of aromatic nitrogens is 1. The van der Waals surface area contributed by atoms with E-state index in [1.807, 2.05) is 23.5 Å². The average Bonchev–Trinajstić information content (AvgIpc) is 2.71. The molecule has 0 saturated heterocycles. The molecule has 3 rings (SSSR count). The summed E-state index contributed by atoms with van der Waals surface area (Å²) in [5.41, 5.74) is 9.45. The second-order valence-corrected chi connectivity index (χ2v) is 6.94. The maximum absolute atomic E-state index is 5.72. The number of rotatable bonds is 1. The number of hydrogen-bond donors (Lipinski definition) is 1. The van der Waals surface area contributed by atoms with Crippen molar-refractivity contribution in [2.24, 2.45) is 5.41 Å². The van der Waals surface area contributed by atoms with E-state index in [0.717, 1.165) is 23.5 Å². The van der Waals surface area contributed by atoms with Crippen LogP contribution in [0.15, 0.2) is 24.3 Å². The molecule has 1 aliphatic rings. The van der Waals surface area contributed by atoms with Crippen molar-refractivity contribution in [2.45, 2.75) is 33.1 Å². The molecule has 0 radical (unpaired) electrons.